The highest BCUT2D eigenvalue weighted by Crippen LogP contribution is 2.11. The Hall–Kier alpha value is -0.130. The van der Waals surface area contributed by atoms with Crippen LogP contribution in [0, 0.1) is 0 Å². The molecule has 1 saturated heterocycles. The highest BCUT2D eigenvalue weighted by molar-refractivity contribution is 7.92. The van der Waals surface area contributed by atoms with Crippen molar-refractivity contribution in [3.8, 4) is 0 Å². The third-order valence-corrected chi connectivity index (χ3v) is 5.87. The van der Waals surface area contributed by atoms with E-state index in [0.29, 0.717) is 18.3 Å². The van der Waals surface area contributed by atoms with Gasteiger partial charge < -0.3 is 10.2 Å². The van der Waals surface area contributed by atoms with Crippen molar-refractivity contribution in [3.05, 3.63) is 0 Å². The quantitative estimate of drug-likeness (QED) is 0.761. The molecule has 0 aliphatic carbocycles. The first-order valence-electron chi connectivity index (χ1n) is 7.13. The lowest BCUT2D eigenvalue weighted by molar-refractivity contribution is 0.207. The van der Waals surface area contributed by atoms with Crippen LogP contribution in [0.25, 0.3) is 0 Å². The first-order chi connectivity index (χ1) is 8.45. The molecule has 108 valence electrons. The molecule has 5 heteroatoms. The molecular formula is C13H28N2O2S. The van der Waals surface area contributed by atoms with Crippen molar-refractivity contribution in [3.63, 3.8) is 0 Å². The molecule has 0 spiro atoms. The summed E-state index contributed by atoms with van der Waals surface area (Å²) in [6.45, 7) is 9.53. The van der Waals surface area contributed by atoms with Gasteiger partial charge in [0.15, 0.2) is 9.84 Å². The lowest BCUT2D eigenvalue weighted by Gasteiger charge is -2.32. The summed E-state index contributed by atoms with van der Waals surface area (Å²) in [6.07, 6.45) is 3.45. The number of nitrogens with zero attached hydrogens (tertiary/aromatic N) is 1. The molecule has 4 nitrogen and oxygen atoms in total. The van der Waals surface area contributed by atoms with Crippen molar-refractivity contribution in [2.75, 3.05) is 31.9 Å². The van der Waals surface area contributed by atoms with E-state index in [2.05, 4.69) is 17.1 Å². The summed E-state index contributed by atoms with van der Waals surface area (Å²) in [6, 6.07) is 0.628. The Morgan fingerprint density at radius 3 is 2.39 bits per heavy atom. The zero-order valence-electron chi connectivity index (χ0n) is 12.0. The molecule has 0 amide bonds. The second-order valence-corrected chi connectivity index (χ2v) is 8.16. The molecule has 0 saturated carbocycles. The minimum absolute atomic E-state index is 0.249. The molecule has 0 aromatic rings. The Labute approximate surface area is 112 Å². The van der Waals surface area contributed by atoms with E-state index in [9.17, 15) is 8.42 Å². The third-order valence-electron chi connectivity index (χ3n) is 3.68. The molecule has 1 N–H and O–H groups in total. The average Bonchev–Trinajstić information content (AvgIpc) is 2.35. The van der Waals surface area contributed by atoms with Crippen molar-refractivity contribution in [1.82, 2.24) is 10.2 Å². The van der Waals surface area contributed by atoms with Gasteiger partial charge in [-0.25, -0.2) is 8.42 Å². The molecule has 0 aromatic carbocycles. The average molecular weight is 276 g/mol. The van der Waals surface area contributed by atoms with Crippen molar-refractivity contribution in [2.24, 2.45) is 0 Å². The van der Waals surface area contributed by atoms with E-state index in [0.717, 1.165) is 32.5 Å². The number of piperidine rings is 1. The van der Waals surface area contributed by atoms with Gasteiger partial charge in [0.25, 0.3) is 0 Å². The van der Waals surface area contributed by atoms with Gasteiger partial charge >= 0.3 is 0 Å². The molecule has 18 heavy (non-hydrogen) atoms. The normalized spacial score (nSPS) is 19.6. The zero-order valence-corrected chi connectivity index (χ0v) is 12.8. The predicted molar refractivity (Wildman–Crippen MR) is 76.7 cm³/mol. The summed E-state index contributed by atoms with van der Waals surface area (Å²) >= 11 is 0. The Morgan fingerprint density at radius 2 is 1.89 bits per heavy atom. The van der Waals surface area contributed by atoms with Crippen LogP contribution in [0.5, 0.6) is 0 Å². The summed E-state index contributed by atoms with van der Waals surface area (Å²) < 4.78 is 23.5. The molecule has 1 fully saturated rings. The van der Waals surface area contributed by atoms with E-state index in [1.165, 1.54) is 6.42 Å². The lowest BCUT2D eigenvalue weighted by Crippen LogP contribution is -2.44. The van der Waals surface area contributed by atoms with E-state index in [1.54, 1.807) is 13.8 Å². The zero-order chi connectivity index (χ0) is 13.6. The second-order valence-electron chi connectivity index (χ2n) is 5.49. The number of likely N-dealkylation sites (tertiary alicyclic amines) is 1. The lowest BCUT2D eigenvalue weighted by atomic mass is 10.1. The number of nitrogens with one attached hydrogen (secondary N) is 1. The standard InChI is InChI=1S/C13H28N2O2S/c1-4-7-14-13-5-8-15(9-6-13)10-11-18(16,17)12(2)3/h12-14H,4-11H2,1-3H3. The largest absolute Gasteiger partial charge is 0.314 e. The SMILES string of the molecule is CCCNC1CCN(CCS(=O)(=O)C(C)C)CC1. The highest BCUT2D eigenvalue weighted by atomic mass is 32.2. The number of rotatable bonds is 7. The van der Waals surface area contributed by atoms with Gasteiger partial charge in [-0.05, 0) is 52.7 Å². The molecule has 0 radical (unpaired) electrons. The van der Waals surface area contributed by atoms with Crippen LogP contribution in [0.15, 0.2) is 0 Å². The molecule has 1 aliphatic rings. The Bertz CT molecular complexity index is 320. The Balaban J connectivity index is 2.24. The van der Waals surface area contributed by atoms with Gasteiger partial charge in [-0.1, -0.05) is 6.92 Å². The predicted octanol–water partition coefficient (Wildman–Crippen LogP) is 1.27. The molecule has 0 unspecified atom stereocenters. The van der Waals surface area contributed by atoms with Crippen LogP contribution < -0.4 is 5.32 Å². The van der Waals surface area contributed by atoms with Crippen molar-refractivity contribution >= 4 is 9.84 Å². The van der Waals surface area contributed by atoms with Gasteiger partial charge in [0.1, 0.15) is 0 Å². The summed E-state index contributed by atoms with van der Waals surface area (Å²) in [5.41, 5.74) is 0. The van der Waals surface area contributed by atoms with Crippen LogP contribution >= 0.6 is 0 Å². The fraction of sp³-hybridized carbons (Fsp3) is 1.00. The Morgan fingerprint density at radius 1 is 1.28 bits per heavy atom. The second kappa shape index (κ2) is 7.46. The fourth-order valence-electron chi connectivity index (χ4n) is 2.20. The van der Waals surface area contributed by atoms with Gasteiger partial charge in [0, 0.05) is 12.6 Å². The molecular weight excluding hydrogens is 248 g/mol. The number of hydrogen-bond acceptors (Lipinski definition) is 4. The van der Waals surface area contributed by atoms with E-state index in [-0.39, 0.29) is 5.25 Å². The Kier molecular flexibility index (Phi) is 6.60. The number of hydrogen-bond donors (Lipinski definition) is 1. The van der Waals surface area contributed by atoms with Crippen molar-refractivity contribution in [2.45, 2.75) is 51.3 Å². The molecule has 0 bridgehead atoms. The summed E-state index contributed by atoms with van der Waals surface area (Å²) in [7, 11) is -2.88. The van der Waals surface area contributed by atoms with Crippen molar-refractivity contribution in [1.29, 1.82) is 0 Å². The first kappa shape index (κ1) is 15.9. The van der Waals surface area contributed by atoms with E-state index < -0.39 is 9.84 Å². The fourth-order valence-corrected chi connectivity index (χ4v) is 3.19. The van der Waals surface area contributed by atoms with Crippen LogP contribution in [0.4, 0.5) is 0 Å². The van der Waals surface area contributed by atoms with E-state index in [1.807, 2.05) is 0 Å². The van der Waals surface area contributed by atoms with Gasteiger partial charge in [0.05, 0.1) is 11.0 Å². The maximum Gasteiger partial charge on any atom is 0.153 e. The molecule has 1 rings (SSSR count). The molecule has 1 heterocycles. The summed E-state index contributed by atoms with van der Waals surface area (Å²) in [4.78, 5) is 2.28. The van der Waals surface area contributed by atoms with E-state index >= 15 is 0 Å². The summed E-state index contributed by atoms with van der Waals surface area (Å²) in [5, 5.41) is 3.29. The molecule has 0 atom stereocenters. The molecule has 1 aliphatic heterocycles. The minimum Gasteiger partial charge on any atom is -0.314 e. The minimum atomic E-state index is -2.88. The van der Waals surface area contributed by atoms with Crippen molar-refractivity contribution < 1.29 is 8.42 Å². The topological polar surface area (TPSA) is 49.4 Å². The maximum atomic E-state index is 11.7. The van der Waals surface area contributed by atoms with Gasteiger partial charge in [-0.2, -0.15) is 0 Å². The van der Waals surface area contributed by atoms with Crippen LogP contribution in [-0.4, -0.2) is 56.5 Å². The first-order valence-corrected chi connectivity index (χ1v) is 8.84. The van der Waals surface area contributed by atoms with Crippen LogP contribution in [0.2, 0.25) is 0 Å². The van der Waals surface area contributed by atoms with Crippen LogP contribution in [0.3, 0.4) is 0 Å². The van der Waals surface area contributed by atoms with E-state index in [4.69, 9.17) is 0 Å². The monoisotopic (exact) mass is 276 g/mol. The van der Waals surface area contributed by atoms with Crippen LogP contribution in [0.1, 0.15) is 40.0 Å². The maximum absolute atomic E-state index is 11.7. The van der Waals surface area contributed by atoms with Crippen LogP contribution in [-0.2, 0) is 9.84 Å². The van der Waals surface area contributed by atoms with Gasteiger partial charge in [-0.3, -0.25) is 0 Å². The molecule has 0 aromatic heterocycles. The summed E-state index contributed by atoms with van der Waals surface area (Å²) in [5.74, 6) is 0.303. The highest BCUT2D eigenvalue weighted by Gasteiger charge is 2.21. The number of sulfone groups is 1. The smallest absolute Gasteiger partial charge is 0.153 e. The van der Waals surface area contributed by atoms with Gasteiger partial charge in [0.2, 0.25) is 0 Å². The van der Waals surface area contributed by atoms with Gasteiger partial charge in [-0.15, -0.1) is 0 Å². The third kappa shape index (κ3) is 5.24.